The third-order valence-corrected chi connectivity index (χ3v) is 4.31. The van der Waals surface area contributed by atoms with Crippen LogP contribution in [-0.2, 0) is 11.2 Å². The molecule has 122 valence electrons. The molecule has 0 saturated heterocycles. The van der Waals surface area contributed by atoms with Crippen LogP contribution >= 0.6 is 0 Å². The van der Waals surface area contributed by atoms with Gasteiger partial charge in [0.15, 0.2) is 0 Å². The van der Waals surface area contributed by atoms with Crippen LogP contribution < -0.4 is 10.6 Å². The number of amides is 1. The number of hydrogen-bond donors (Lipinski definition) is 2. The predicted molar refractivity (Wildman–Crippen MR) is 91.8 cm³/mol. The fourth-order valence-electron chi connectivity index (χ4n) is 2.76. The molecule has 1 fully saturated rings. The minimum atomic E-state index is 0.111. The maximum Gasteiger partial charge on any atom is 0.233 e. The largest absolute Gasteiger partial charge is 0.355 e. The van der Waals surface area contributed by atoms with E-state index < -0.39 is 0 Å². The number of rotatable bonds is 9. The molecule has 0 aliphatic heterocycles. The highest BCUT2D eigenvalue weighted by atomic mass is 16.1. The van der Waals surface area contributed by atoms with Crippen molar-refractivity contribution in [3.05, 3.63) is 35.4 Å². The predicted octanol–water partition coefficient (Wildman–Crippen LogP) is 3.45. The van der Waals surface area contributed by atoms with Crippen LogP contribution in [0.3, 0.4) is 0 Å². The van der Waals surface area contributed by atoms with Crippen LogP contribution in [0.2, 0.25) is 0 Å². The number of aryl methyl sites for hydroxylation is 1. The number of carbonyl (C=O) groups excluding carboxylic acids is 1. The number of carbonyl (C=O) groups is 1. The molecule has 1 aromatic rings. The quantitative estimate of drug-likeness (QED) is 0.733. The number of nitrogens with one attached hydrogen (secondary N) is 2. The first-order valence-corrected chi connectivity index (χ1v) is 8.69. The van der Waals surface area contributed by atoms with E-state index in [1.807, 2.05) is 0 Å². The van der Waals surface area contributed by atoms with Gasteiger partial charge in [0.1, 0.15) is 0 Å². The lowest BCUT2D eigenvalue weighted by Gasteiger charge is -2.23. The molecule has 0 bridgehead atoms. The van der Waals surface area contributed by atoms with E-state index in [2.05, 4.69) is 55.7 Å². The SMILES string of the molecule is CCCc1ccc(C(NCC(=O)NCC2CC2)C(C)C)cc1. The number of hydrogen-bond acceptors (Lipinski definition) is 2. The lowest BCUT2D eigenvalue weighted by Crippen LogP contribution is -2.38. The highest BCUT2D eigenvalue weighted by Crippen LogP contribution is 2.27. The molecule has 1 saturated carbocycles. The third kappa shape index (κ3) is 5.45. The van der Waals surface area contributed by atoms with E-state index in [0.717, 1.165) is 18.9 Å². The van der Waals surface area contributed by atoms with E-state index in [0.29, 0.717) is 12.5 Å². The Morgan fingerprint density at radius 2 is 1.91 bits per heavy atom. The van der Waals surface area contributed by atoms with Crippen molar-refractivity contribution >= 4 is 5.91 Å². The summed E-state index contributed by atoms with van der Waals surface area (Å²) in [4.78, 5) is 11.9. The average Bonchev–Trinajstić information content (AvgIpc) is 3.31. The van der Waals surface area contributed by atoms with Crippen LogP contribution in [0.15, 0.2) is 24.3 Å². The van der Waals surface area contributed by atoms with Gasteiger partial charge in [-0.2, -0.15) is 0 Å². The summed E-state index contributed by atoms with van der Waals surface area (Å²) >= 11 is 0. The Labute approximate surface area is 134 Å². The molecule has 3 heteroatoms. The van der Waals surface area contributed by atoms with Crippen LogP contribution in [0.5, 0.6) is 0 Å². The summed E-state index contributed by atoms with van der Waals surface area (Å²) in [6.07, 6.45) is 4.84. The van der Waals surface area contributed by atoms with Crippen molar-refractivity contribution in [2.45, 2.75) is 52.5 Å². The van der Waals surface area contributed by atoms with Crippen molar-refractivity contribution in [3.63, 3.8) is 0 Å². The lowest BCUT2D eigenvalue weighted by atomic mass is 9.94. The van der Waals surface area contributed by atoms with Gasteiger partial charge in [-0.15, -0.1) is 0 Å². The molecule has 0 radical (unpaired) electrons. The van der Waals surface area contributed by atoms with Gasteiger partial charge in [0.2, 0.25) is 5.91 Å². The number of benzene rings is 1. The molecule has 1 aliphatic carbocycles. The van der Waals surface area contributed by atoms with Gasteiger partial charge in [-0.25, -0.2) is 0 Å². The van der Waals surface area contributed by atoms with Crippen LogP contribution in [0.1, 0.15) is 57.2 Å². The maximum atomic E-state index is 11.9. The standard InChI is InChI=1S/C19H30N2O/c1-4-5-15-8-10-17(11-9-15)19(14(2)3)21-13-18(22)20-12-16-6-7-16/h8-11,14,16,19,21H,4-7,12-13H2,1-3H3,(H,20,22). The van der Waals surface area contributed by atoms with E-state index in [9.17, 15) is 4.79 Å². The molecule has 1 amide bonds. The van der Waals surface area contributed by atoms with Crippen molar-refractivity contribution in [3.8, 4) is 0 Å². The van der Waals surface area contributed by atoms with E-state index in [1.165, 1.54) is 30.4 Å². The van der Waals surface area contributed by atoms with Crippen LogP contribution in [-0.4, -0.2) is 19.0 Å². The Bertz CT molecular complexity index is 463. The summed E-state index contributed by atoms with van der Waals surface area (Å²) in [5.41, 5.74) is 2.65. The summed E-state index contributed by atoms with van der Waals surface area (Å²) < 4.78 is 0. The summed E-state index contributed by atoms with van der Waals surface area (Å²) in [5.74, 6) is 1.30. The summed E-state index contributed by atoms with van der Waals surface area (Å²) in [7, 11) is 0. The summed E-state index contributed by atoms with van der Waals surface area (Å²) in [6, 6.07) is 9.05. The first kappa shape index (κ1) is 17.0. The monoisotopic (exact) mass is 302 g/mol. The second-order valence-electron chi connectivity index (χ2n) is 6.84. The molecule has 1 atom stereocenters. The van der Waals surface area contributed by atoms with Gasteiger partial charge >= 0.3 is 0 Å². The molecular formula is C19H30N2O. The molecule has 0 heterocycles. The van der Waals surface area contributed by atoms with Crippen molar-refractivity contribution in [2.75, 3.05) is 13.1 Å². The Morgan fingerprint density at radius 3 is 2.45 bits per heavy atom. The van der Waals surface area contributed by atoms with Gasteiger partial charge in [-0.3, -0.25) is 4.79 Å². The Morgan fingerprint density at radius 1 is 1.23 bits per heavy atom. The highest BCUT2D eigenvalue weighted by molar-refractivity contribution is 5.78. The van der Waals surface area contributed by atoms with Crippen molar-refractivity contribution in [1.82, 2.24) is 10.6 Å². The summed E-state index contributed by atoms with van der Waals surface area (Å²) in [6.45, 7) is 7.83. The zero-order valence-electron chi connectivity index (χ0n) is 14.2. The second-order valence-corrected chi connectivity index (χ2v) is 6.84. The lowest BCUT2D eigenvalue weighted by molar-refractivity contribution is -0.120. The topological polar surface area (TPSA) is 41.1 Å². The normalized spacial score (nSPS) is 15.8. The van der Waals surface area contributed by atoms with E-state index >= 15 is 0 Å². The molecular weight excluding hydrogens is 272 g/mol. The Kier molecular flexibility index (Phi) is 6.44. The third-order valence-electron chi connectivity index (χ3n) is 4.31. The molecule has 3 nitrogen and oxygen atoms in total. The van der Waals surface area contributed by atoms with Gasteiger partial charge in [0.25, 0.3) is 0 Å². The maximum absolute atomic E-state index is 11.9. The van der Waals surface area contributed by atoms with Gasteiger partial charge < -0.3 is 10.6 Å². The highest BCUT2D eigenvalue weighted by Gasteiger charge is 2.22. The molecule has 1 aliphatic rings. The van der Waals surface area contributed by atoms with Crippen LogP contribution in [0.4, 0.5) is 0 Å². The van der Waals surface area contributed by atoms with Crippen molar-refractivity contribution in [1.29, 1.82) is 0 Å². The Balaban J connectivity index is 1.86. The fourth-order valence-corrected chi connectivity index (χ4v) is 2.76. The van der Waals surface area contributed by atoms with E-state index in [4.69, 9.17) is 0 Å². The molecule has 2 N–H and O–H groups in total. The van der Waals surface area contributed by atoms with E-state index in [1.54, 1.807) is 0 Å². The zero-order chi connectivity index (χ0) is 15.9. The van der Waals surface area contributed by atoms with Gasteiger partial charge in [0, 0.05) is 12.6 Å². The minimum Gasteiger partial charge on any atom is -0.355 e. The minimum absolute atomic E-state index is 0.111. The first-order chi connectivity index (χ1) is 10.6. The van der Waals surface area contributed by atoms with Gasteiger partial charge in [0.05, 0.1) is 6.54 Å². The molecule has 1 aromatic carbocycles. The van der Waals surface area contributed by atoms with Crippen LogP contribution in [0.25, 0.3) is 0 Å². The summed E-state index contributed by atoms with van der Waals surface area (Å²) in [5, 5.41) is 6.43. The van der Waals surface area contributed by atoms with Gasteiger partial charge in [-0.1, -0.05) is 51.5 Å². The average molecular weight is 302 g/mol. The zero-order valence-corrected chi connectivity index (χ0v) is 14.2. The van der Waals surface area contributed by atoms with Crippen LogP contribution in [0, 0.1) is 11.8 Å². The smallest absolute Gasteiger partial charge is 0.233 e. The molecule has 0 aromatic heterocycles. The molecule has 22 heavy (non-hydrogen) atoms. The van der Waals surface area contributed by atoms with E-state index in [-0.39, 0.29) is 11.9 Å². The van der Waals surface area contributed by atoms with Crippen molar-refractivity contribution in [2.24, 2.45) is 11.8 Å². The fraction of sp³-hybridized carbons (Fsp3) is 0.632. The van der Waals surface area contributed by atoms with Gasteiger partial charge in [-0.05, 0) is 42.2 Å². The molecule has 1 unspecified atom stereocenters. The molecule has 0 spiro atoms. The molecule has 2 rings (SSSR count). The Hall–Kier alpha value is -1.35. The second kappa shape index (κ2) is 8.33. The first-order valence-electron chi connectivity index (χ1n) is 8.69. The van der Waals surface area contributed by atoms with Crippen molar-refractivity contribution < 1.29 is 4.79 Å².